The van der Waals surface area contributed by atoms with E-state index in [1.54, 1.807) is 0 Å². The molecule has 2 atom stereocenters. The molecule has 7 nitrogen and oxygen atoms in total. The van der Waals surface area contributed by atoms with Crippen molar-refractivity contribution < 1.29 is 23.9 Å². The first kappa shape index (κ1) is 19.0. The van der Waals surface area contributed by atoms with E-state index in [-0.39, 0.29) is 30.4 Å². The van der Waals surface area contributed by atoms with Gasteiger partial charge in [-0.25, -0.2) is 9.18 Å². The minimum Gasteiger partial charge on any atom is -0.481 e. The van der Waals surface area contributed by atoms with Crippen molar-refractivity contribution in [1.82, 2.24) is 10.2 Å². The molecule has 136 valence electrons. The van der Waals surface area contributed by atoms with Crippen LogP contribution in [0.25, 0.3) is 0 Å². The van der Waals surface area contributed by atoms with Crippen LogP contribution in [0.4, 0.5) is 14.9 Å². The summed E-state index contributed by atoms with van der Waals surface area (Å²) in [6.07, 6.45) is 0.0817. The van der Waals surface area contributed by atoms with Crippen LogP contribution in [0.15, 0.2) is 18.2 Å². The van der Waals surface area contributed by atoms with E-state index in [1.165, 1.54) is 42.0 Å². The maximum Gasteiger partial charge on any atom is 0.317 e. The van der Waals surface area contributed by atoms with Gasteiger partial charge in [0.05, 0.1) is 17.0 Å². The highest BCUT2D eigenvalue weighted by molar-refractivity contribution is 6.30. The third-order valence-electron chi connectivity index (χ3n) is 3.98. The highest BCUT2D eigenvalue weighted by Gasteiger charge is 2.32. The number of carboxylic acid groups (broad SMARTS) is 1. The maximum atomic E-state index is 13.6. The van der Waals surface area contributed by atoms with Gasteiger partial charge in [-0.05, 0) is 18.2 Å². The molecule has 1 aliphatic rings. The van der Waals surface area contributed by atoms with E-state index < -0.39 is 29.8 Å². The Balaban J connectivity index is 1.96. The number of amides is 3. The van der Waals surface area contributed by atoms with Crippen molar-refractivity contribution in [2.75, 3.05) is 25.0 Å². The number of hydrogen-bond donors (Lipinski definition) is 2. The van der Waals surface area contributed by atoms with Crippen molar-refractivity contribution in [3.63, 3.8) is 0 Å². The van der Waals surface area contributed by atoms with Crippen LogP contribution in [0.1, 0.15) is 13.3 Å². The van der Waals surface area contributed by atoms with Crippen molar-refractivity contribution in [3.05, 3.63) is 29.0 Å². The number of halogens is 2. The van der Waals surface area contributed by atoms with Gasteiger partial charge in [-0.3, -0.25) is 9.59 Å². The molecule has 0 aliphatic carbocycles. The predicted octanol–water partition coefficient (Wildman–Crippen LogP) is 1.95. The van der Waals surface area contributed by atoms with Gasteiger partial charge in [-0.15, -0.1) is 0 Å². The van der Waals surface area contributed by atoms with Gasteiger partial charge in [0.15, 0.2) is 0 Å². The summed E-state index contributed by atoms with van der Waals surface area (Å²) in [6, 6.07) is 3.17. The van der Waals surface area contributed by atoms with Gasteiger partial charge in [0, 0.05) is 32.2 Å². The third kappa shape index (κ3) is 4.60. The second kappa shape index (κ2) is 7.69. The van der Waals surface area contributed by atoms with Crippen LogP contribution in [0.3, 0.4) is 0 Å². The fourth-order valence-electron chi connectivity index (χ4n) is 2.56. The largest absolute Gasteiger partial charge is 0.481 e. The molecule has 3 amide bonds. The lowest BCUT2D eigenvalue weighted by Crippen LogP contribution is -2.46. The average Bonchev–Trinajstić information content (AvgIpc) is 2.90. The number of benzene rings is 1. The summed E-state index contributed by atoms with van der Waals surface area (Å²) in [7, 11) is 1.48. The second-order valence-corrected chi connectivity index (χ2v) is 6.48. The van der Waals surface area contributed by atoms with Crippen LogP contribution >= 0.6 is 11.6 Å². The van der Waals surface area contributed by atoms with Crippen molar-refractivity contribution >= 4 is 35.2 Å². The molecule has 1 heterocycles. The lowest BCUT2D eigenvalue weighted by Gasteiger charge is -2.22. The zero-order valence-corrected chi connectivity index (χ0v) is 14.6. The number of urea groups is 1. The molecule has 0 radical (unpaired) electrons. The first-order chi connectivity index (χ1) is 11.7. The van der Waals surface area contributed by atoms with Gasteiger partial charge < -0.3 is 20.2 Å². The first-order valence-electron chi connectivity index (χ1n) is 7.69. The summed E-state index contributed by atoms with van der Waals surface area (Å²) >= 11 is 5.64. The standard InChI is InChI=1S/C16H19ClFN3O4/c1-9(15(23)24)7-20(2)16(25)19-10-5-14(22)21(8-10)11-3-4-12(17)13(18)6-11/h3-4,6,9-10H,5,7-8H2,1-2H3,(H,19,25)(H,23,24). The van der Waals surface area contributed by atoms with E-state index in [4.69, 9.17) is 16.7 Å². The van der Waals surface area contributed by atoms with E-state index in [1.807, 2.05) is 0 Å². The zero-order valence-electron chi connectivity index (χ0n) is 13.8. The molecule has 0 saturated carbocycles. The quantitative estimate of drug-likeness (QED) is 0.827. The van der Waals surface area contributed by atoms with Crippen LogP contribution in [0.2, 0.25) is 5.02 Å². The summed E-state index contributed by atoms with van der Waals surface area (Å²) in [5, 5.41) is 11.5. The van der Waals surface area contributed by atoms with Crippen LogP contribution in [-0.2, 0) is 9.59 Å². The van der Waals surface area contributed by atoms with E-state index >= 15 is 0 Å². The number of carboxylic acids is 1. The Morgan fingerprint density at radius 1 is 1.52 bits per heavy atom. The van der Waals surface area contributed by atoms with Crippen LogP contribution in [-0.4, -0.2) is 54.1 Å². The molecule has 1 aromatic rings. The number of hydrogen-bond acceptors (Lipinski definition) is 3. The van der Waals surface area contributed by atoms with Gasteiger partial charge in [0.2, 0.25) is 5.91 Å². The van der Waals surface area contributed by atoms with Crippen LogP contribution in [0.5, 0.6) is 0 Å². The Hall–Kier alpha value is -2.35. The van der Waals surface area contributed by atoms with E-state index in [0.29, 0.717) is 5.69 Å². The average molecular weight is 372 g/mol. The molecule has 0 aromatic heterocycles. The molecule has 1 saturated heterocycles. The number of aliphatic carboxylic acids is 1. The third-order valence-corrected chi connectivity index (χ3v) is 4.29. The molecule has 1 fully saturated rings. The second-order valence-electron chi connectivity index (χ2n) is 6.07. The van der Waals surface area contributed by atoms with Crippen molar-refractivity contribution in [1.29, 1.82) is 0 Å². The Kier molecular flexibility index (Phi) is 5.84. The van der Waals surface area contributed by atoms with Crippen LogP contribution in [0, 0.1) is 11.7 Å². The molecule has 2 rings (SSSR count). The number of rotatable bonds is 5. The fourth-order valence-corrected chi connectivity index (χ4v) is 2.68. The molecule has 0 spiro atoms. The maximum absolute atomic E-state index is 13.6. The Morgan fingerprint density at radius 2 is 2.20 bits per heavy atom. The Bertz CT molecular complexity index is 700. The van der Waals surface area contributed by atoms with Crippen molar-refractivity contribution in [2.45, 2.75) is 19.4 Å². The normalized spacial score (nSPS) is 18.2. The molecular weight excluding hydrogens is 353 g/mol. The molecule has 9 heteroatoms. The molecule has 25 heavy (non-hydrogen) atoms. The summed E-state index contributed by atoms with van der Waals surface area (Å²) in [5.74, 6) is -2.56. The number of carbonyl (C=O) groups excluding carboxylic acids is 2. The monoisotopic (exact) mass is 371 g/mol. The molecule has 2 unspecified atom stereocenters. The van der Waals surface area contributed by atoms with Crippen molar-refractivity contribution in [2.24, 2.45) is 5.92 Å². The number of carbonyl (C=O) groups is 3. The van der Waals surface area contributed by atoms with Gasteiger partial charge >= 0.3 is 12.0 Å². The van der Waals surface area contributed by atoms with Gasteiger partial charge in [0.1, 0.15) is 5.82 Å². The summed E-state index contributed by atoms with van der Waals surface area (Å²) in [6.45, 7) is 1.75. The first-order valence-corrected chi connectivity index (χ1v) is 8.06. The van der Waals surface area contributed by atoms with Gasteiger partial charge in [-0.2, -0.15) is 0 Å². The highest BCUT2D eigenvalue weighted by atomic mass is 35.5. The summed E-state index contributed by atoms with van der Waals surface area (Å²) in [5.41, 5.74) is 0.372. The smallest absolute Gasteiger partial charge is 0.317 e. The highest BCUT2D eigenvalue weighted by Crippen LogP contribution is 2.25. The lowest BCUT2D eigenvalue weighted by molar-refractivity contribution is -0.141. The molecule has 0 bridgehead atoms. The fraction of sp³-hybridized carbons (Fsp3) is 0.438. The number of nitrogens with one attached hydrogen (secondary N) is 1. The van der Waals surface area contributed by atoms with Crippen molar-refractivity contribution in [3.8, 4) is 0 Å². The molecule has 2 N–H and O–H groups in total. The van der Waals surface area contributed by atoms with Gasteiger partial charge in [-0.1, -0.05) is 18.5 Å². The number of nitrogens with zero attached hydrogens (tertiary/aromatic N) is 2. The Morgan fingerprint density at radius 3 is 2.80 bits per heavy atom. The number of anilines is 1. The minimum atomic E-state index is -0.994. The predicted molar refractivity (Wildman–Crippen MR) is 90.1 cm³/mol. The van der Waals surface area contributed by atoms with Crippen LogP contribution < -0.4 is 10.2 Å². The summed E-state index contributed by atoms with van der Waals surface area (Å²) < 4.78 is 13.6. The van der Waals surface area contributed by atoms with E-state index in [9.17, 15) is 18.8 Å². The Labute approximate surface area is 149 Å². The molecule has 1 aliphatic heterocycles. The molecule has 1 aromatic carbocycles. The minimum absolute atomic E-state index is 0.0329. The summed E-state index contributed by atoms with van der Waals surface area (Å²) in [4.78, 5) is 37.7. The molecular formula is C16H19ClFN3O4. The van der Waals surface area contributed by atoms with E-state index in [2.05, 4.69) is 5.32 Å². The zero-order chi connectivity index (χ0) is 18.7. The lowest BCUT2D eigenvalue weighted by atomic mass is 10.2. The SMILES string of the molecule is CC(CN(C)C(=O)NC1CC(=O)N(c2ccc(Cl)c(F)c2)C1)C(=O)O. The topological polar surface area (TPSA) is 90.0 Å². The van der Waals surface area contributed by atoms with E-state index in [0.717, 1.165) is 0 Å². The van der Waals surface area contributed by atoms with Gasteiger partial charge in [0.25, 0.3) is 0 Å².